The third kappa shape index (κ3) is 2.64. The van der Waals surface area contributed by atoms with Gasteiger partial charge in [-0.2, -0.15) is 0 Å². The molecule has 0 amide bonds. The van der Waals surface area contributed by atoms with E-state index in [1.807, 2.05) is 12.1 Å². The van der Waals surface area contributed by atoms with Gasteiger partial charge < -0.3 is 5.32 Å². The van der Waals surface area contributed by atoms with Crippen LogP contribution in [-0.2, 0) is 0 Å². The summed E-state index contributed by atoms with van der Waals surface area (Å²) in [7, 11) is 0. The van der Waals surface area contributed by atoms with Crippen LogP contribution in [0.25, 0.3) is 10.2 Å². The molecule has 4 heteroatoms. The highest BCUT2D eigenvalue weighted by Crippen LogP contribution is 2.26. The molecule has 0 atom stereocenters. The van der Waals surface area contributed by atoms with E-state index in [0.717, 1.165) is 26.6 Å². The maximum absolute atomic E-state index is 4.92. The second-order valence-corrected chi connectivity index (χ2v) is 5.64. The summed E-state index contributed by atoms with van der Waals surface area (Å²) >= 11 is 6.53. The molecular formula is C15H12N2S2. The van der Waals surface area contributed by atoms with E-state index in [0.29, 0.717) is 0 Å². The molecule has 2 aromatic carbocycles. The minimum atomic E-state index is 0.887. The summed E-state index contributed by atoms with van der Waals surface area (Å²) < 4.78 is 1.15. The fourth-order valence-electron chi connectivity index (χ4n) is 1.87. The van der Waals surface area contributed by atoms with Gasteiger partial charge in [0.15, 0.2) is 0 Å². The number of fused-ring (bicyclic) bond motifs is 1. The van der Waals surface area contributed by atoms with Crippen molar-refractivity contribution in [2.45, 2.75) is 6.92 Å². The van der Waals surface area contributed by atoms with Crippen molar-refractivity contribution < 1.29 is 0 Å². The number of aryl methyl sites for hydroxylation is 1. The number of nitrogens with one attached hydrogen (secondary N) is 1. The third-order valence-corrected chi connectivity index (χ3v) is 4.18. The van der Waals surface area contributed by atoms with E-state index in [1.165, 1.54) is 5.56 Å². The smallest absolute Gasteiger partial charge is 0.128 e. The van der Waals surface area contributed by atoms with E-state index in [9.17, 15) is 0 Å². The highest BCUT2D eigenvalue weighted by molar-refractivity contribution is 7.79. The molecule has 1 N–H and O–H groups in total. The molecule has 0 aliphatic carbocycles. The Morgan fingerprint density at radius 2 is 1.84 bits per heavy atom. The molecule has 0 fully saturated rings. The van der Waals surface area contributed by atoms with E-state index in [2.05, 4.69) is 47.6 Å². The molecule has 94 valence electrons. The van der Waals surface area contributed by atoms with Crippen molar-refractivity contribution in [1.29, 1.82) is 0 Å². The van der Waals surface area contributed by atoms with Crippen LogP contribution in [0.1, 0.15) is 10.6 Å². The summed E-state index contributed by atoms with van der Waals surface area (Å²) in [5.74, 6) is 0. The number of aromatic nitrogens is 1. The third-order valence-electron chi connectivity index (χ3n) is 2.85. The summed E-state index contributed by atoms with van der Waals surface area (Å²) in [5, 5.41) is 5.90. The molecule has 19 heavy (non-hydrogen) atoms. The first-order valence-corrected chi connectivity index (χ1v) is 7.23. The minimum absolute atomic E-state index is 0.887. The molecule has 0 unspecified atom stereocenters. The molecular weight excluding hydrogens is 272 g/mol. The van der Waals surface area contributed by atoms with Crippen molar-refractivity contribution in [2.24, 2.45) is 0 Å². The number of hydrogen-bond acceptors (Lipinski definition) is 4. The van der Waals surface area contributed by atoms with Gasteiger partial charge in [0.2, 0.25) is 0 Å². The Morgan fingerprint density at radius 3 is 2.58 bits per heavy atom. The van der Waals surface area contributed by atoms with Crippen LogP contribution in [0.5, 0.6) is 0 Å². The molecule has 0 radical (unpaired) electrons. The van der Waals surface area contributed by atoms with Gasteiger partial charge in [-0.15, -0.1) is 11.3 Å². The molecule has 3 aromatic rings. The lowest BCUT2D eigenvalue weighted by molar-refractivity contribution is 1.45. The van der Waals surface area contributed by atoms with E-state index in [1.54, 1.807) is 16.7 Å². The van der Waals surface area contributed by atoms with Gasteiger partial charge in [0, 0.05) is 16.7 Å². The Bertz CT molecular complexity index is 729. The number of hydrogen-bond donors (Lipinski definition) is 1. The second-order valence-electron chi connectivity index (χ2n) is 4.34. The lowest BCUT2D eigenvalue weighted by atomic mass is 10.2. The molecule has 0 spiro atoms. The van der Waals surface area contributed by atoms with E-state index in [4.69, 9.17) is 12.2 Å². The summed E-state index contributed by atoms with van der Waals surface area (Å²) in [6.45, 7) is 2.08. The van der Waals surface area contributed by atoms with Crippen molar-refractivity contribution >= 4 is 50.5 Å². The van der Waals surface area contributed by atoms with Crippen molar-refractivity contribution in [1.82, 2.24) is 4.98 Å². The van der Waals surface area contributed by atoms with Crippen LogP contribution in [0, 0.1) is 6.92 Å². The van der Waals surface area contributed by atoms with Crippen molar-refractivity contribution in [3.05, 3.63) is 53.0 Å². The number of benzene rings is 2. The zero-order chi connectivity index (χ0) is 13.2. The van der Waals surface area contributed by atoms with Crippen molar-refractivity contribution in [3.63, 3.8) is 0 Å². The maximum Gasteiger partial charge on any atom is 0.128 e. The molecule has 3 rings (SSSR count). The SMILES string of the molecule is Cc1ccc(Nc2ccc3nc(C=S)sc3c2)cc1. The van der Waals surface area contributed by atoms with Crippen LogP contribution in [0.2, 0.25) is 0 Å². The van der Waals surface area contributed by atoms with Crippen LogP contribution in [0.3, 0.4) is 0 Å². The molecule has 0 saturated carbocycles. The molecule has 0 saturated heterocycles. The predicted octanol–water partition coefficient (Wildman–Crippen LogP) is 4.70. The van der Waals surface area contributed by atoms with Crippen LogP contribution in [0.4, 0.5) is 11.4 Å². The molecule has 2 nitrogen and oxygen atoms in total. The zero-order valence-corrected chi connectivity index (χ0v) is 12.0. The Balaban J connectivity index is 1.92. The largest absolute Gasteiger partial charge is 0.355 e. The van der Waals surface area contributed by atoms with Gasteiger partial charge in [-0.05, 0) is 37.3 Å². The Labute approximate surface area is 121 Å². The van der Waals surface area contributed by atoms with E-state index in [-0.39, 0.29) is 0 Å². The number of thiocarbonyl (C=S) groups is 1. The van der Waals surface area contributed by atoms with E-state index >= 15 is 0 Å². The normalized spacial score (nSPS) is 10.6. The summed E-state index contributed by atoms with van der Waals surface area (Å²) in [5.41, 5.74) is 4.41. The highest BCUT2D eigenvalue weighted by atomic mass is 32.1. The fraction of sp³-hybridized carbons (Fsp3) is 0.0667. The zero-order valence-electron chi connectivity index (χ0n) is 10.4. The minimum Gasteiger partial charge on any atom is -0.355 e. The van der Waals surface area contributed by atoms with E-state index < -0.39 is 0 Å². The van der Waals surface area contributed by atoms with Crippen LogP contribution >= 0.6 is 23.6 Å². The summed E-state index contributed by atoms with van der Waals surface area (Å²) in [6, 6.07) is 14.5. The van der Waals surface area contributed by atoms with Gasteiger partial charge in [-0.25, -0.2) is 4.98 Å². The average molecular weight is 284 g/mol. The maximum atomic E-state index is 4.92. The van der Waals surface area contributed by atoms with Crippen LogP contribution in [-0.4, -0.2) is 10.4 Å². The molecule has 0 aliphatic heterocycles. The van der Waals surface area contributed by atoms with Gasteiger partial charge in [-0.1, -0.05) is 29.9 Å². The van der Waals surface area contributed by atoms with Gasteiger partial charge in [0.05, 0.1) is 10.2 Å². The Hall–Kier alpha value is -1.78. The molecule has 0 bridgehead atoms. The predicted molar refractivity (Wildman–Crippen MR) is 86.8 cm³/mol. The summed E-state index contributed by atoms with van der Waals surface area (Å²) in [4.78, 5) is 4.42. The van der Waals surface area contributed by atoms with Gasteiger partial charge >= 0.3 is 0 Å². The van der Waals surface area contributed by atoms with Gasteiger partial charge in [-0.3, -0.25) is 0 Å². The molecule has 1 heterocycles. The average Bonchev–Trinajstić information content (AvgIpc) is 2.83. The summed E-state index contributed by atoms with van der Waals surface area (Å²) in [6.07, 6.45) is 0. The molecule has 0 aliphatic rings. The first kappa shape index (κ1) is 12.3. The first-order chi connectivity index (χ1) is 9.24. The number of anilines is 2. The molecule has 1 aromatic heterocycles. The lowest BCUT2D eigenvalue weighted by Gasteiger charge is -2.06. The first-order valence-electron chi connectivity index (χ1n) is 5.94. The van der Waals surface area contributed by atoms with Crippen molar-refractivity contribution in [3.8, 4) is 0 Å². The van der Waals surface area contributed by atoms with Crippen LogP contribution in [0.15, 0.2) is 42.5 Å². The fourth-order valence-corrected chi connectivity index (χ4v) is 2.89. The van der Waals surface area contributed by atoms with Crippen LogP contribution < -0.4 is 5.32 Å². The van der Waals surface area contributed by atoms with Crippen molar-refractivity contribution in [2.75, 3.05) is 5.32 Å². The second kappa shape index (κ2) is 5.07. The van der Waals surface area contributed by atoms with Gasteiger partial charge in [0.25, 0.3) is 0 Å². The number of nitrogens with zero attached hydrogens (tertiary/aromatic N) is 1. The monoisotopic (exact) mass is 284 g/mol. The topological polar surface area (TPSA) is 24.9 Å². The number of rotatable bonds is 3. The number of thiazole rings is 1. The van der Waals surface area contributed by atoms with Gasteiger partial charge in [0.1, 0.15) is 5.01 Å². The standard InChI is InChI=1S/C15H12N2S2/c1-10-2-4-11(5-3-10)16-12-6-7-13-14(8-12)19-15(9-18)17-13/h2-9,16H,1H3. The lowest BCUT2D eigenvalue weighted by Crippen LogP contribution is -1.89. The Morgan fingerprint density at radius 1 is 1.11 bits per heavy atom. The Kier molecular flexibility index (Phi) is 3.27. The highest BCUT2D eigenvalue weighted by Gasteiger charge is 2.03. The quantitative estimate of drug-likeness (QED) is 0.706.